The molecule has 194 valence electrons. The minimum Gasteiger partial charge on any atom is -0.399 e. The van der Waals surface area contributed by atoms with Crippen molar-refractivity contribution < 1.29 is 14.5 Å². The first-order chi connectivity index (χ1) is 17.4. The first kappa shape index (κ1) is 26.8. The molecule has 2 fully saturated rings. The van der Waals surface area contributed by atoms with E-state index in [4.69, 9.17) is 5.73 Å². The Morgan fingerprint density at radius 1 is 0.694 bits per heavy atom. The molecule has 0 heterocycles. The number of hydrogen-bond acceptors (Lipinski definition) is 5. The van der Waals surface area contributed by atoms with Crippen LogP contribution in [-0.4, -0.2) is 29.1 Å². The summed E-state index contributed by atoms with van der Waals surface area (Å²) in [7, 11) is 0. The zero-order valence-corrected chi connectivity index (χ0v) is 20.5. The molecule has 2 aliphatic rings. The molecule has 10 heteroatoms. The number of carbonyl (C=O) groups is 2. The number of non-ortho nitro benzene ring substituents is 1. The smallest absolute Gasteiger partial charge is 0.319 e. The molecule has 4 rings (SSSR count). The van der Waals surface area contributed by atoms with Gasteiger partial charge in [-0.25, -0.2) is 9.59 Å². The number of urea groups is 2. The van der Waals surface area contributed by atoms with Gasteiger partial charge in [0.25, 0.3) is 5.69 Å². The largest absolute Gasteiger partial charge is 0.399 e. The normalized spacial score (nSPS) is 16.1. The summed E-state index contributed by atoms with van der Waals surface area (Å²) >= 11 is 0. The summed E-state index contributed by atoms with van der Waals surface area (Å²) in [6, 6.07) is 13.1. The van der Waals surface area contributed by atoms with Crippen LogP contribution in [0.1, 0.15) is 64.2 Å². The van der Waals surface area contributed by atoms with Gasteiger partial charge in [-0.2, -0.15) is 0 Å². The second-order valence-corrected chi connectivity index (χ2v) is 9.29. The third kappa shape index (κ3) is 9.44. The number of nitrogens with one attached hydrogen (secondary N) is 4. The van der Waals surface area contributed by atoms with E-state index < -0.39 is 4.92 Å². The summed E-state index contributed by atoms with van der Waals surface area (Å²) in [5, 5.41) is 21.9. The molecular formula is C26H36N6O4. The third-order valence-electron chi connectivity index (χ3n) is 6.39. The van der Waals surface area contributed by atoms with Gasteiger partial charge in [0, 0.05) is 41.3 Å². The molecule has 0 aromatic heterocycles. The Morgan fingerprint density at radius 3 is 1.47 bits per heavy atom. The number of nitro benzene ring substituents is 1. The number of nitrogens with two attached hydrogens (primary N) is 1. The highest BCUT2D eigenvalue weighted by molar-refractivity contribution is 5.90. The monoisotopic (exact) mass is 496 g/mol. The molecule has 0 radical (unpaired) electrons. The van der Waals surface area contributed by atoms with Crippen molar-refractivity contribution in [2.45, 2.75) is 76.3 Å². The number of rotatable bonds is 5. The van der Waals surface area contributed by atoms with Crippen LogP contribution in [0.3, 0.4) is 0 Å². The van der Waals surface area contributed by atoms with E-state index in [2.05, 4.69) is 21.3 Å². The summed E-state index contributed by atoms with van der Waals surface area (Å²) in [4.78, 5) is 33.5. The topological polar surface area (TPSA) is 151 Å². The van der Waals surface area contributed by atoms with E-state index >= 15 is 0 Å². The van der Waals surface area contributed by atoms with Crippen LogP contribution in [0.5, 0.6) is 0 Å². The van der Waals surface area contributed by atoms with Gasteiger partial charge in [0.2, 0.25) is 0 Å². The third-order valence-corrected chi connectivity index (χ3v) is 6.39. The molecule has 0 aliphatic heterocycles. The Balaban J connectivity index is 0.000000202. The molecule has 2 aromatic carbocycles. The predicted molar refractivity (Wildman–Crippen MR) is 142 cm³/mol. The fraction of sp³-hybridized carbons (Fsp3) is 0.462. The number of amides is 4. The molecule has 6 N–H and O–H groups in total. The SMILES string of the molecule is Nc1ccc(NC(=O)NC2CCCCC2)cc1.O=C(Nc1ccc([N+](=O)[O-])cc1)NC1CCCCC1. The lowest BCUT2D eigenvalue weighted by Gasteiger charge is -2.22. The van der Waals surface area contributed by atoms with Gasteiger partial charge in [0.05, 0.1) is 4.92 Å². The Morgan fingerprint density at radius 2 is 1.08 bits per heavy atom. The van der Waals surface area contributed by atoms with Crippen molar-refractivity contribution in [2.75, 3.05) is 16.4 Å². The number of nitrogens with zero attached hydrogens (tertiary/aromatic N) is 1. The summed E-state index contributed by atoms with van der Waals surface area (Å²) in [6.07, 6.45) is 11.5. The van der Waals surface area contributed by atoms with Gasteiger partial charge in [-0.15, -0.1) is 0 Å². The molecule has 2 saturated carbocycles. The first-order valence-corrected chi connectivity index (χ1v) is 12.6. The van der Waals surface area contributed by atoms with Crippen molar-refractivity contribution in [3.05, 3.63) is 58.6 Å². The van der Waals surface area contributed by atoms with E-state index in [1.807, 2.05) is 0 Å². The van der Waals surface area contributed by atoms with E-state index in [1.54, 1.807) is 24.3 Å². The molecule has 4 amide bonds. The average molecular weight is 497 g/mol. The zero-order valence-electron chi connectivity index (χ0n) is 20.5. The van der Waals surface area contributed by atoms with Crippen LogP contribution in [0.25, 0.3) is 0 Å². The number of nitro groups is 1. The Kier molecular flexibility index (Phi) is 10.3. The van der Waals surface area contributed by atoms with Crippen molar-refractivity contribution in [2.24, 2.45) is 0 Å². The maximum absolute atomic E-state index is 11.7. The summed E-state index contributed by atoms with van der Waals surface area (Å²) < 4.78 is 0. The second kappa shape index (κ2) is 13.9. The van der Waals surface area contributed by atoms with Crippen LogP contribution in [0.15, 0.2) is 48.5 Å². The quantitative estimate of drug-likeness (QED) is 0.202. The van der Waals surface area contributed by atoms with Gasteiger partial charge >= 0.3 is 12.1 Å². The summed E-state index contributed by atoms with van der Waals surface area (Å²) in [5.41, 5.74) is 7.61. The maximum atomic E-state index is 11.7. The highest BCUT2D eigenvalue weighted by Crippen LogP contribution is 2.19. The van der Waals surface area contributed by atoms with Crippen LogP contribution in [0.2, 0.25) is 0 Å². The minimum atomic E-state index is -0.466. The maximum Gasteiger partial charge on any atom is 0.319 e. The van der Waals surface area contributed by atoms with E-state index in [1.165, 1.54) is 49.9 Å². The highest BCUT2D eigenvalue weighted by Gasteiger charge is 2.16. The molecular weight excluding hydrogens is 460 g/mol. The van der Waals surface area contributed by atoms with Gasteiger partial charge in [-0.1, -0.05) is 38.5 Å². The molecule has 0 saturated heterocycles. The summed E-state index contributed by atoms with van der Waals surface area (Å²) in [6.45, 7) is 0. The lowest BCUT2D eigenvalue weighted by atomic mass is 9.96. The molecule has 36 heavy (non-hydrogen) atoms. The predicted octanol–water partition coefficient (Wildman–Crippen LogP) is 5.77. The Labute approximate surface area is 211 Å². The molecule has 0 atom stereocenters. The fourth-order valence-corrected chi connectivity index (χ4v) is 4.43. The second-order valence-electron chi connectivity index (χ2n) is 9.29. The van der Waals surface area contributed by atoms with Gasteiger partial charge in [-0.3, -0.25) is 10.1 Å². The number of benzene rings is 2. The van der Waals surface area contributed by atoms with E-state index in [0.29, 0.717) is 17.4 Å². The zero-order chi connectivity index (χ0) is 25.8. The Hall–Kier alpha value is -3.82. The fourth-order valence-electron chi connectivity index (χ4n) is 4.43. The molecule has 0 spiro atoms. The molecule has 10 nitrogen and oxygen atoms in total. The van der Waals surface area contributed by atoms with Crippen LogP contribution in [0, 0.1) is 10.1 Å². The van der Waals surface area contributed by atoms with Crippen LogP contribution in [0.4, 0.5) is 32.3 Å². The molecule has 0 bridgehead atoms. The minimum absolute atomic E-state index is 0.0123. The number of carbonyl (C=O) groups excluding carboxylic acids is 2. The van der Waals surface area contributed by atoms with Gasteiger partial charge in [-0.05, 0) is 62.1 Å². The van der Waals surface area contributed by atoms with Crippen molar-refractivity contribution in [1.82, 2.24) is 10.6 Å². The van der Waals surface area contributed by atoms with Crippen molar-refractivity contribution in [3.8, 4) is 0 Å². The van der Waals surface area contributed by atoms with E-state index in [-0.39, 0.29) is 23.8 Å². The number of hydrogen-bond donors (Lipinski definition) is 5. The van der Waals surface area contributed by atoms with Gasteiger partial charge in [0.15, 0.2) is 0 Å². The van der Waals surface area contributed by atoms with E-state index in [0.717, 1.165) is 44.2 Å². The molecule has 2 aliphatic carbocycles. The standard InChI is InChI=1S/C13H17N3O3.C13H19N3O/c17-13(14-10-4-2-1-3-5-10)15-11-6-8-12(9-7-11)16(18)19;14-10-6-8-12(9-7-10)16-13(17)15-11-4-2-1-3-5-11/h6-10H,1-5H2,(H2,14,15,17);6-9,11H,1-5,14H2,(H2,15,16,17). The van der Waals surface area contributed by atoms with Crippen LogP contribution >= 0.6 is 0 Å². The van der Waals surface area contributed by atoms with Gasteiger partial charge < -0.3 is 27.0 Å². The number of anilines is 3. The van der Waals surface area contributed by atoms with Crippen LogP contribution < -0.4 is 27.0 Å². The van der Waals surface area contributed by atoms with Crippen molar-refractivity contribution in [1.29, 1.82) is 0 Å². The Bertz CT molecular complexity index is 984. The lowest BCUT2D eigenvalue weighted by molar-refractivity contribution is -0.384. The molecule has 2 aromatic rings. The van der Waals surface area contributed by atoms with Crippen molar-refractivity contribution in [3.63, 3.8) is 0 Å². The number of nitrogen functional groups attached to an aromatic ring is 1. The highest BCUT2D eigenvalue weighted by atomic mass is 16.6. The van der Waals surface area contributed by atoms with E-state index in [9.17, 15) is 19.7 Å². The first-order valence-electron chi connectivity index (χ1n) is 12.6. The van der Waals surface area contributed by atoms with Crippen LogP contribution in [-0.2, 0) is 0 Å². The van der Waals surface area contributed by atoms with Crippen molar-refractivity contribution >= 4 is 34.8 Å². The average Bonchev–Trinajstić information content (AvgIpc) is 2.87. The molecule has 0 unspecified atom stereocenters. The summed E-state index contributed by atoms with van der Waals surface area (Å²) in [5.74, 6) is 0. The van der Waals surface area contributed by atoms with Gasteiger partial charge in [0.1, 0.15) is 0 Å². The lowest BCUT2D eigenvalue weighted by Crippen LogP contribution is -2.39.